The van der Waals surface area contributed by atoms with Crippen molar-refractivity contribution in [2.75, 3.05) is 25.2 Å². The standard InChI is InChI=1S/C26H28FN3O2/c1-3-32-20-12-13-24-21(14-20)26-22(16-30(24)15-18-6-4-5-7-23(18)27)25(28-29-26)17-8-10-19(31-2)11-9-17/h4-14,22,25-26,28-29H,3,15-16H2,1-2H3. The third-order valence-corrected chi connectivity index (χ3v) is 6.46. The van der Waals surface area contributed by atoms with Gasteiger partial charge in [-0.3, -0.25) is 0 Å². The Morgan fingerprint density at radius 1 is 0.969 bits per heavy atom. The van der Waals surface area contributed by atoms with Gasteiger partial charge >= 0.3 is 0 Å². The van der Waals surface area contributed by atoms with Crippen molar-refractivity contribution in [2.45, 2.75) is 25.6 Å². The first-order chi connectivity index (χ1) is 15.7. The molecule has 1 saturated heterocycles. The highest BCUT2D eigenvalue weighted by atomic mass is 19.1. The molecule has 32 heavy (non-hydrogen) atoms. The summed E-state index contributed by atoms with van der Waals surface area (Å²) in [4.78, 5) is 2.29. The van der Waals surface area contributed by atoms with Gasteiger partial charge in [0.05, 0.1) is 25.8 Å². The number of rotatable bonds is 6. The van der Waals surface area contributed by atoms with Crippen LogP contribution < -0.4 is 25.2 Å². The molecule has 2 aliphatic heterocycles. The average Bonchev–Trinajstić information content (AvgIpc) is 3.25. The molecule has 0 radical (unpaired) electrons. The molecule has 3 aromatic rings. The number of benzene rings is 3. The van der Waals surface area contributed by atoms with Crippen LogP contribution in [0.25, 0.3) is 0 Å². The lowest BCUT2D eigenvalue weighted by Crippen LogP contribution is -2.39. The predicted molar refractivity (Wildman–Crippen MR) is 123 cm³/mol. The monoisotopic (exact) mass is 433 g/mol. The van der Waals surface area contributed by atoms with Crippen molar-refractivity contribution in [3.8, 4) is 11.5 Å². The Labute approximate surface area is 188 Å². The number of hydrazine groups is 1. The molecule has 6 heteroatoms. The van der Waals surface area contributed by atoms with E-state index >= 15 is 0 Å². The minimum atomic E-state index is -0.170. The largest absolute Gasteiger partial charge is 0.497 e. The van der Waals surface area contributed by atoms with Gasteiger partial charge < -0.3 is 14.4 Å². The third-order valence-electron chi connectivity index (χ3n) is 6.46. The molecule has 0 aliphatic carbocycles. The molecular weight excluding hydrogens is 405 g/mol. The number of halogens is 1. The Balaban J connectivity index is 1.51. The van der Waals surface area contributed by atoms with Crippen LogP contribution in [-0.2, 0) is 6.54 Å². The topological polar surface area (TPSA) is 45.8 Å². The van der Waals surface area contributed by atoms with E-state index in [0.717, 1.165) is 23.7 Å². The lowest BCUT2D eigenvalue weighted by atomic mass is 9.82. The maximum Gasteiger partial charge on any atom is 0.128 e. The Bertz CT molecular complexity index is 1090. The Kier molecular flexibility index (Phi) is 5.72. The summed E-state index contributed by atoms with van der Waals surface area (Å²) >= 11 is 0. The molecular formula is C26H28FN3O2. The number of methoxy groups -OCH3 is 1. The van der Waals surface area contributed by atoms with Crippen molar-refractivity contribution < 1.29 is 13.9 Å². The van der Waals surface area contributed by atoms with E-state index in [4.69, 9.17) is 9.47 Å². The van der Waals surface area contributed by atoms with Crippen molar-refractivity contribution in [2.24, 2.45) is 5.92 Å². The van der Waals surface area contributed by atoms with Crippen molar-refractivity contribution in [3.63, 3.8) is 0 Å². The molecule has 0 bridgehead atoms. The molecule has 0 saturated carbocycles. The lowest BCUT2D eigenvalue weighted by Gasteiger charge is -2.39. The molecule has 2 heterocycles. The number of hydrogen-bond donors (Lipinski definition) is 2. The van der Waals surface area contributed by atoms with Gasteiger partial charge in [0.1, 0.15) is 17.3 Å². The van der Waals surface area contributed by atoms with Crippen LogP contribution in [-0.4, -0.2) is 20.3 Å². The quantitative estimate of drug-likeness (QED) is 0.587. The highest BCUT2D eigenvalue weighted by Gasteiger charge is 2.43. The van der Waals surface area contributed by atoms with Gasteiger partial charge in [-0.05, 0) is 54.4 Å². The predicted octanol–water partition coefficient (Wildman–Crippen LogP) is 4.76. The molecule has 3 unspecified atom stereocenters. The summed E-state index contributed by atoms with van der Waals surface area (Å²) in [7, 11) is 1.68. The second kappa shape index (κ2) is 8.81. The molecule has 0 spiro atoms. The van der Waals surface area contributed by atoms with E-state index in [1.54, 1.807) is 13.2 Å². The number of nitrogens with one attached hydrogen (secondary N) is 2. The molecule has 3 aromatic carbocycles. The maximum absolute atomic E-state index is 14.5. The number of nitrogens with zero attached hydrogens (tertiary/aromatic N) is 1. The van der Waals surface area contributed by atoms with Gasteiger partial charge in [0.2, 0.25) is 0 Å². The molecule has 2 N–H and O–H groups in total. The summed E-state index contributed by atoms with van der Waals surface area (Å²) in [6.45, 7) is 3.93. The van der Waals surface area contributed by atoms with Crippen LogP contribution >= 0.6 is 0 Å². The minimum absolute atomic E-state index is 0.123. The Hall–Kier alpha value is -3.09. The Morgan fingerprint density at radius 3 is 2.47 bits per heavy atom. The van der Waals surface area contributed by atoms with E-state index in [2.05, 4.69) is 40.0 Å². The van der Waals surface area contributed by atoms with E-state index in [-0.39, 0.29) is 23.8 Å². The average molecular weight is 434 g/mol. The fourth-order valence-corrected chi connectivity index (χ4v) is 4.91. The third kappa shape index (κ3) is 3.80. The van der Waals surface area contributed by atoms with Crippen LogP contribution in [0.15, 0.2) is 66.7 Å². The highest BCUT2D eigenvalue weighted by molar-refractivity contribution is 5.61. The van der Waals surface area contributed by atoms with Gasteiger partial charge in [-0.1, -0.05) is 30.3 Å². The number of ether oxygens (including phenoxy) is 2. The van der Waals surface area contributed by atoms with Crippen molar-refractivity contribution in [1.82, 2.24) is 10.9 Å². The summed E-state index contributed by atoms with van der Waals surface area (Å²) in [5, 5.41) is 0. The number of anilines is 1. The molecule has 1 fully saturated rings. The molecule has 166 valence electrons. The van der Waals surface area contributed by atoms with Gasteiger partial charge in [-0.2, -0.15) is 0 Å². The van der Waals surface area contributed by atoms with E-state index in [9.17, 15) is 4.39 Å². The SMILES string of the molecule is CCOc1ccc2c(c1)C1NNC(c3ccc(OC)cc3)C1CN2Cc1ccccc1F. The van der Waals surface area contributed by atoms with Crippen LogP contribution in [0.5, 0.6) is 11.5 Å². The molecule has 0 aromatic heterocycles. The van der Waals surface area contributed by atoms with Crippen LogP contribution in [0.1, 0.15) is 35.7 Å². The van der Waals surface area contributed by atoms with Crippen molar-refractivity contribution in [3.05, 3.63) is 89.2 Å². The fourth-order valence-electron chi connectivity index (χ4n) is 4.91. The minimum Gasteiger partial charge on any atom is -0.497 e. The van der Waals surface area contributed by atoms with Gasteiger partial charge in [0, 0.05) is 30.3 Å². The van der Waals surface area contributed by atoms with Gasteiger partial charge in [-0.25, -0.2) is 15.2 Å². The summed E-state index contributed by atoms with van der Waals surface area (Å²) in [5.74, 6) is 1.79. The van der Waals surface area contributed by atoms with Crippen molar-refractivity contribution >= 4 is 5.69 Å². The molecule has 0 amide bonds. The molecule has 2 aliphatic rings. The molecule has 3 atom stereocenters. The first-order valence-corrected chi connectivity index (χ1v) is 11.1. The number of fused-ring (bicyclic) bond motifs is 3. The normalized spacial score (nSPS) is 21.7. The van der Waals surface area contributed by atoms with E-state index in [1.807, 2.05) is 37.3 Å². The first kappa shape index (κ1) is 20.8. The summed E-state index contributed by atoms with van der Waals surface area (Å²) in [6, 6.07) is 21.7. The number of hydrogen-bond acceptors (Lipinski definition) is 5. The molecule has 5 rings (SSSR count). The molecule has 5 nitrogen and oxygen atoms in total. The van der Waals surface area contributed by atoms with Crippen LogP contribution in [0.3, 0.4) is 0 Å². The fraction of sp³-hybridized carbons (Fsp3) is 0.308. The zero-order chi connectivity index (χ0) is 22.1. The second-order valence-electron chi connectivity index (χ2n) is 8.31. The van der Waals surface area contributed by atoms with Crippen molar-refractivity contribution in [1.29, 1.82) is 0 Å². The zero-order valence-electron chi connectivity index (χ0n) is 18.3. The zero-order valence-corrected chi connectivity index (χ0v) is 18.3. The van der Waals surface area contributed by atoms with E-state index in [0.29, 0.717) is 18.7 Å². The van der Waals surface area contributed by atoms with Crippen LogP contribution in [0.4, 0.5) is 10.1 Å². The van der Waals surface area contributed by atoms with E-state index in [1.165, 1.54) is 17.2 Å². The lowest BCUT2D eigenvalue weighted by molar-refractivity contribution is 0.337. The summed E-state index contributed by atoms with van der Waals surface area (Å²) in [6.07, 6.45) is 0. The van der Waals surface area contributed by atoms with Gasteiger partial charge in [-0.15, -0.1) is 0 Å². The Morgan fingerprint density at radius 2 is 1.72 bits per heavy atom. The summed E-state index contributed by atoms with van der Waals surface area (Å²) < 4.78 is 25.6. The highest BCUT2D eigenvalue weighted by Crippen LogP contribution is 2.46. The van der Waals surface area contributed by atoms with Crippen LogP contribution in [0.2, 0.25) is 0 Å². The van der Waals surface area contributed by atoms with Gasteiger partial charge in [0.15, 0.2) is 0 Å². The van der Waals surface area contributed by atoms with Gasteiger partial charge in [0.25, 0.3) is 0 Å². The first-order valence-electron chi connectivity index (χ1n) is 11.1. The smallest absolute Gasteiger partial charge is 0.128 e. The maximum atomic E-state index is 14.5. The second-order valence-corrected chi connectivity index (χ2v) is 8.31. The van der Waals surface area contributed by atoms with E-state index < -0.39 is 0 Å². The summed E-state index contributed by atoms with van der Waals surface area (Å²) in [5.41, 5.74) is 11.2. The van der Waals surface area contributed by atoms with Crippen LogP contribution in [0, 0.1) is 11.7 Å².